The summed E-state index contributed by atoms with van der Waals surface area (Å²) in [6.07, 6.45) is 4.39. The van der Waals surface area contributed by atoms with Crippen molar-refractivity contribution in [3.05, 3.63) is 16.9 Å². The van der Waals surface area contributed by atoms with Crippen LogP contribution >= 0.6 is 0 Å². The second-order valence-corrected chi connectivity index (χ2v) is 5.63. The predicted molar refractivity (Wildman–Crippen MR) is 87.8 cm³/mol. The van der Waals surface area contributed by atoms with E-state index in [0.29, 0.717) is 17.9 Å². The van der Waals surface area contributed by atoms with Crippen LogP contribution in [0, 0.1) is 25.2 Å². The standard InChI is InChI=1S/C17H27N3O2/c1-5-7-9-20(10-8-6-2)12-16(21)19-17-15(11-18)13(3)14(4)22-17/h5-10,12H2,1-4H3,(H,19,21). The molecule has 0 aliphatic rings. The van der Waals surface area contributed by atoms with E-state index in [0.717, 1.165) is 44.3 Å². The molecule has 1 aromatic rings. The summed E-state index contributed by atoms with van der Waals surface area (Å²) in [6, 6.07) is 2.09. The first-order valence-electron chi connectivity index (χ1n) is 8.05. The van der Waals surface area contributed by atoms with Gasteiger partial charge in [-0.1, -0.05) is 26.7 Å². The molecule has 0 aliphatic carbocycles. The van der Waals surface area contributed by atoms with Gasteiger partial charge in [-0.2, -0.15) is 5.26 Å². The van der Waals surface area contributed by atoms with E-state index < -0.39 is 0 Å². The van der Waals surface area contributed by atoms with Crippen LogP contribution in [0.4, 0.5) is 5.88 Å². The van der Waals surface area contributed by atoms with Crippen LogP contribution in [0.3, 0.4) is 0 Å². The molecule has 1 heterocycles. The van der Waals surface area contributed by atoms with Crippen LogP contribution in [0.25, 0.3) is 0 Å². The molecule has 5 nitrogen and oxygen atoms in total. The van der Waals surface area contributed by atoms with Gasteiger partial charge in [0.1, 0.15) is 17.4 Å². The Balaban J connectivity index is 2.66. The normalized spacial score (nSPS) is 10.7. The van der Waals surface area contributed by atoms with Gasteiger partial charge in [-0.15, -0.1) is 0 Å². The van der Waals surface area contributed by atoms with Crippen molar-refractivity contribution in [1.29, 1.82) is 5.26 Å². The number of hydrogen-bond acceptors (Lipinski definition) is 4. The average Bonchev–Trinajstić information content (AvgIpc) is 2.75. The van der Waals surface area contributed by atoms with E-state index >= 15 is 0 Å². The molecule has 0 fully saturated rings. The topological polar surface area (TPSA) is 69.3 Å². The lowest BCUT2D eigenvalue weighted by Crippen LogP contribution is -2.34. The van der Waals surface area contributed by atoms with Crippen molar-refractivity contribution in [3.8, 4) is 6.07 Å². The number of rotatable bonds is 9. The summed E-state index contributed by atoms with van der Waals surface area (Å²) in [5.74, 6) is 0.812. The van der Waals surface area contributed by atoms with Gasteiger partial charge in [0.25, 0.3) is 0 Å². The number of carbonyl (C=O) groups is 1. The number of nitrogens with one attached hydrogen (secondary N) is 1. The van der Waals surface area contributed by atoms with E-state index in [4.69, 9.17) is 9.68 Å². The van der Waals surface area contributed by atoms with Gasteiger partial charge in [-0.25, -0.2) is 0 Å². The van der Waals surface area contributed by atoms with E-state index in [1.54, 1.807) is 6.92 Å². The van der Waals surface area contributed by atoms with Crippen LogP contribution in [-0.2, 0) is 4.79 Å². The molecule has 1 N–H and O–H groups in total. The maximum absolute atomic E-state index is 12.2. The van der Waals surface area contributed by atoms with E-state index in [1.807, 2.05) is 6.92 Å². The van der Waals surface area contributed by atoms with Crippen molar-refractivity contribution in [2.45, 2.75) is 53.4 Å². The molecular weight excluding hydrogens is 278 g/mol. The van der Waals surface area contributed by atoms with Crippen LogP contribution in [-0.4, -0.2) is 30.4 Å². The molecule has 0 aliphatic heterocycles. The Morgan fingerprint density at radius 1 is 1.23 bits per heavy atom. The summed E-state index contributed by atoms with van der Waals surface area (Å²) in [5, 5.41) is 11.9. The Bertz CT molecular complexity index is 521. The van der Waals surface area contributed by atoms with Crippen LogP contribution in [0.15, 0.2) is 4.42 Å². The third-order valence-corrected chi connectivity index (χ3v) is 3.77. The summed E-state index contributed by atoms with van der Waals surface area (Å²) < 4.78 is 5.48. The molecule has 0 unspecified atom stereocenters. The molecule has 1 aromatic heterocycles. The SMILES string of the molecule is CCCCN(CCCC)CC(=O)Nc1oc(C)c(C)c1C#N. The van der Waals surface area contributed by atoms with Gasteiger partial charge in [0.15, 0.2) is 0 Å². The minimum atomic E-state index is -0.127. The lowest BCUT2D eigenvalue weighted by Gasteiger charge is -2.20. The third kappa shape index (κ3) is 5.19. The van der Waals surface area contributed by atoms with Gasteiger partial charge in [0, 0.05) is 5.56 Å². The predicted octanol–water partition coefficient (Wildman–Crippen LogP) is 3.61. The number of amides is 1. The molecular formula is C17H27N3O2. The zero-order valence-electron chi connectivity index (χ0n) is 14.2. The summed E-state index contributed by atoms with van der Waals surface area (Å²) >= 11 is 0. The minimum absolute atomic E-state index is 0.127. The first-order valence-corrected chi connectivity index (χ1v) is 8.05. The highest BCUT2D eigenvalue weighted by Crippen LogP contribution is 2.25. The van der Waals surface area contributed by atoms with Crippen LogP contribution in [0.1, 0.15) is 56.4 Å². The molecule has 0 aromatic carbocycles. The van der Waals surface area contributed by atoms with Crippen LogP contribution < -0.4 is 5.32 Å². The second kappa shape index (κ2) is 9.26. The Morgan fingerprint density at radius 3 is 2.32 bits per heavy atom. The summed E-state index contributed by atoms with van der Waals surface area (Å²) in [4.78, 5) is 14.4. The molecule has 1 rings (SSSR count). The number of nitriles is 1. The Labute approximate surface area is 133 Å². The summed E-state index contributed by atoms with van der Waals surface area (Å²) in [5.41, 5.74) is 1.20. The third-order valence-electron chi connectivity index (χ3n) is 3.77. The fourth-order valence-electron chi connectivity index (χ4n) is 2.25. The molecule has 0 saturated carbocycles. The van der Waals surface area contributed by atoms with Crippen molar-refractivity contribution >= 4 is 11.8 Å². The Kier molecular flexibility index (Phi) is 7.69. The summed E-state index contributed by atoms with van der Waals surface area (Å²) in [6.45, 7) is 10.1. The van der Waals surface area contributed by atoms with Crippen LogP contribution in [0.2, 0.25) is 0 Å². The molecule has 1 amide bonds. The van der Waals surface area contributed by atoms with Crippen molar-refractivity contribution in [2.75, 3.05) is 25.0 Å². The highest BCUT2D eigenvalue weighted by molar-refractivity contribution is 5.92. The van der Waals surface area contributed by atoms with E-state index in [1.165, 1.54) is 0 Å². The maximum Gasteiger partial charge on any atom is 0.240 e. The molecule has 0 spiro atoms. The Hall–Kier alpha value is -1.80. The van der Waals surface area contributed by atoms with Gasteiger partial charge in [0.05, 0.1) is 6.54 Å². The van der Waals surface area contributed by atoms with E-state index in [-0.39, 0.29) is 11.8 Å². The highest BCUT2D eigenvalue weighted by atomic mass is 16.4. The number of hydrogen-bond donors (Lipinski definition) is 1. The molecule has 0 radical (unpaired) electrons. The highest BCUT2D eigenvalue weighted by Gasteiger charge is 2.18. The zero-order valence-corrected chi connectivity index (χ0v) is 14.2. The van der Waals surface area contributed by atoms with Crippen molar-refractivity contribution in [2.24, 2.45) is 0 Å². The zero-order chi connectivity index (χ0) is 16.5. The largest absolute Gasteiger partial charge is 0.444 e. The number of nitrogens with zero attached hydrogens (tertiary/aromatic N) is 2. The number of furan rings is 1. The molecule has 0 saturated heterocycles. The fraction of sp³-hybridized carbons (Fsp3) is 0.647. The summed E-state index contributed by atoms with van der Waals surface area (Å²) in [7, 11) is 0. The van der Waals surface area contributed by atoms with Crippen LogP contribution in [0.5, 0.6) is 0 Å². The van der Waals surface area contributed by atoms with Crippen molar-refractivity contribution in [1.82, 2.24) is 4.90 Å². The lowest BCUT2D eigenvalue weighted by molar-refractivity contribution is -0.117. The lowest BCUT2D eigenvalue weighted by atomic mass is 10.2. The minimum Gasteiger partial charge on any atom is -0.444 e. The first-order chi connectivity index (χ1) is 10.5. The van der Waals surface area contributed by atoms with Gasteiger partial charge >= 0.3 is 0 Å². The second-order valence-electron chi connectivity index (χ2n) is 5.63. The number of unbranched alkanes of at least 4 members (excludes halogenated alkanes) is 2. The fourth-order valence-corrected chi connectivity index (χ4v) is 2.25. The average molecular weight is 305 g/mol. The smallest absolute Gasteiger partial charge is 0.240 e. The first kappa shape index (κ1) is 18.2. The van der Waals surface area contributed by atoms with Gasteiger partial charge < -0.3 is 4.42 Å². The number of anilines is 1. The van der Waals surface area contributed by atoms with E-state index in [9.17, 15) is 4.79 Å². The molecule has 0 bridgehead atoms. The molecule has 122 valence electrons. The van der Waals surface area contributed by atoms with Gasteiger partial charge in [-0.05, 0) is 39.8 Å². The number of carbonyl (C=O) groups excluding carboxylic acids is 1. The van der Waals surface area contributed by atoms with Gasteiger partial charge in [-0.3, -0.25) is 15.0 Å². The number of aryl methyl sites for hydroxylation is 1. The van der Waals surface area contributed by atoms with Gasteiger partial charge in [0.2, 0.25) is 11.8 Å². The maximum atomic E-state index is 12.2. The molecule has 0 atom stereocenters. The van der Waals surface area contributed by atoms with Crippen molar-refractivity contribution < 1.29 is 9.21 Å². The van der Waals surface area contributed by atoms with E-state index in [2.05, 4.69) is 30.1 Å². The monoisotopic (exact) mass is 305 g/mol. The molecule has 22 heavy (non-hydrogen) atoms. The van der Waals surface area contributed by atoms with Crippen molar-refractivity contribution in [3.63, 3.8) is 0 Å². The quantitative estimate of drug-likeness (QED) is 0.756. The molecule has 5 heteroatoms. The Morgan fingerprint density at radius 2 is 1.82 bits per heavy atom.